The van der Waals surface area contributed by atoms with Gasteiger partial charge in [-0.2, -0.15) is 9.98 Å². The second-order valence-electron chi connectivity index (χ2n) is 2.17. The fourth-order valence-corrected chi connectivity index (χ4v) is 0.926. The number of nitrogens with zero attached hydrogens (tertiary/aromatic N) is 3. The molecule has 0 aliphatic heterocycles. The van der Waals surface area contributed by atoms with Gasteiger partial charge in [-0.1, -0.05) is 0 Å². The lowest BCUT2D eigenvalue weighted by atomic mass is 10.4. The van der Waals surface area contributed by atoms with Crippen LogP contribution in [0.3, 0.4) is 0 Å². The molecule has 4 N–H and O–H groups in total. The van der Waals surface area contributed by atoms with E-state index < -0.39 is 0 Å². The average molecular weight is 186 g/mol. The van der Waals surface area contributed by atoms with E-state index >= 15 is 0 Å². The summed E-state index contributed by atoms with van der Waals surface area (Å²) >= 11 is 5.56. The third-order valence-corrected chi connectivity index (χ3v) is 1.23. The fourth-order valence-electron chi connectivity index (χ4n) is 0.706. The lowest BCUT2D eigenvalue weighted by Crippen LogP contribution is -2.22. The molecule has 0 saturated carbocycles. The Hall–Kier alpha value is -1.36. The lowest BCUT2D eigenvalue weighted by molar-refractivity contribution is 1.09. The number of aliphatic imine (C=N–C) groups is 1. The van der Waals surface area contributed by atoms with Crippen molar-refractivity contribution in [3.8, 4) is 0 Å². The van der Waals surface area contributed by atoms with Gasteiger partial charge in [0.05, 0.1) is 0 Å². The summed E-state index contributed by atoms with van der Waals surface area (Å²) < 4.78 is 0. The van der Waals surface area contributed by atoms with E-state index in [0.29, 0.717) is 5.82 Å². The van der Waals surface area contributed by atoms with Gasteiger partial charge in [-0.15, -0.1) is 0 Å². The Morgan fingerprint density at radius 1 is 1.50 bits per heavy atom. The number of rotatable bonds is 1. The zero-order chi connectivity index (χ0) is 9.14. The maximum absolute atomic E-state index is 5.56. The number of halogens is 1. The van der Waals surface area contributed by atoms with Crippen LogP contribution in [0.2, 0.25) is 5.28 Å². The Kier molecular flexibility index (Phi) is 2.44. The van der Waals surface area contributed by atoms with Crippen molar-refractivity contribution >= 4 is 23.4 Å². The Morgan fingerprint density at radius 3 is 2.67 bits per heavy atom. The number of nitrogens with two attached hydrogens (primary N) is 2. The van der Waals surface area contributed by atoms with Gasteiger partial charge in [0.2, 0.25) is 5.28 Å². The molecule has 0 radical (unpaired) electrons. The minimum atomic E-state index is -0.0517. The Bertz CT molecular complexity index is 297. The molecule has 0 fully saturated rings. The normalized spacial score (nSPS) is 9.50. The van der Waals surface area contributed by atoms with Crippen LogP contribution in [-0.2, 0) is 0 Å². The van der Waals surface area contributed by atoms with Crippen LogP contribution in [0.4, 0.5) is 5.82 Å². The molecule has 0 spiro atoms. The summed E-state index contributed by atoms with van der Waals surface area (Å²) in [5.41, 5.74) is 11.0. The first kappa shape index (κ1) is 8.73. The maximum Gasteiger partial charge on any atom is 0.224 e. The molecular formula is C6H8ClN5. The van der Waals surface area contributed by atoms with Gasteiger partial charge < -0.3 is 11.5 Å². The van der Waals surface area contributed by atoms with E-state index in [2.05, 4.69) is 15.0 Å². The molecule has 1 rings (SSSR count). The third kappa shape index (κ3) is 2.35. The van der Waals surface area contributed by atoms with Crippen LogP contribution in [0, 0.1) is 6.92 Å². The van der Waals surface area contributed by atoms with Crippen molar-refractivity contribution in [3.05, 3.63) is 17.0 Å². The summed E-state index contributed by atoms with van der Waals surface area (Å²) in [7, 11) is 0. The first-order valence-corrected chi connectivity index (χ1v) is 3.56. The van der Waals surface area contributed by atoms with Crippen molar-refractivity contribution in [2.75, 3.05) is 0 Å². The monoisotopic (exact) mass is 185 g/mol. The van der Waals surface area contributed by atoms with E-state index in [-0.39, 0.29) is 11.2 Å². The Labute approximate surface area is 74.5 Å². The van der Waals surface area contributed by atoms with Crippen LogP contribution in [0.25, 0.3) is 0 Å². The highest BCUT2D eigenvalue weighted by Gasteiger charge is 1.97. The van der Waals surface area contributed by atoms with Crippen LogP contribution in [0.15, 0.2) is 11.1 Å². The molecule has 0 aliphatic carbocycles. The first-order chi connectivity index (χ1) is 5.58. The number of hydrogen-bond acceptors (Lipinski definition) is 3. The maximum atomic E-state index is 5.56. The molecule has 64 valence electrons. The molecule has 12 heavy (non-hydrogen) atoms. The lowest BCUT2D eigenvalue weighted by Gasteiger charge is -1.96. The van der Waals surface area contributed by atoms with Gasteiger partial charge >= 0.3 is 0 Å². The van der Waals surface area contributed by atoms with E-state index in [4.69, 9.17) is 23.1 Å². The standard InChI is InChI=1S/C6H8ClN5/c1-3-2-4(12-6(8)9)11-5(7)10-3/h2H,1H3,(H4,8,9,10,11,12). The minimum absolute atomic E-state index is 0.0517. The van der Waals surface area contributed by atoms with Gasteiger partial charge in [-0.25, -0.2) is 4.98 Å². The second-order valence-corrected chi connectivity index (χ2v) is 2.51. The van der Waals surface area contributed by atoms with Crippen LogP contribution in [-0.4, -0.2) is 15.9 Å². The molecule has 0 bridgehead atoms. The Balaban J connectivity index is 3.09. The minimum Gasteiger partial charge on any atom is -0.370 e. The largest absolute Gasteiger partial charge is 0.370 e. The molecule has 6 heteroatoms. The molecule has 1 heterocycles. The molecule has 0 atom stereocenters. The van der Waals surface area contributed by atoms with Crippen molar-refractivity contribution in [3.63, 3.8) is 0 Å². The molecule has 1 aromatic rings. The SMILES string of the molecule is Cc1cc(N=C(N)N)nc(Cl)n1. The molecule has 1 aromatic heterocycles. The summed E-state index contributed by atoms with van der Waals surface area (Å²) in [4.78, 5) is 11.3. The summed E-state index contributed by atoms with van der Waals surface area (Å²) in [5, 5.41) is 0.134. The van der Waals surface area contributed by atoms with Crippen molar-refractivity contribution in [1.29, 1.82) is 0 Å². The molecule has 0 unspecified atom stereocenters. The van der Waals surface area contributed by atoms with Crippen molar-refractivity contribution < 1.29 is 0 Å². The quantitative estimate of drug-likeness (QED) is 0.375. The van der Waals surface area contributed by atoms with Gasteiger partial charge in [0.1, 0.15) is 0 Å². The zero-order valence-electron chi connectivity index (χ0n) is 6.45. The van der Waals surface area contributed by atoms with E-state index in [1.807, 2.05) is 0 Å². The van der Waals surface area contributed by atoms with Crippen molar-refractivity contribution in [1.82, 2.24) is 9.97 Å². The molecule has 5 nitrogen and oxygen atoms in total. The van der Waals surface area contributed by atoms with E-state index in [0.717, 1.165) is 5.69 Å². The first-order valence-electron chi connectivity index (χ1n) is 3.19. The molecular weight excluding hydrogens is 178 g/mol. The van der Waals surface area contributed by atoms with Crippen LogP contribution >= 0.6 is 11.6 Å². The number of guanidine groups is 1. The van der Waals surface area contributed by atoms with Gasteiger partial charge in [0.15, 0.2) is 11.8 Å². The molecule has 0 saturated heterocycles. The molecule has 0 aromatic carbocycles. The van der Waals surface area contributed by atoms with Gasteiger partial charge in [-0.3, -0.25) is 0 Å². The van der Waals surface area contributed by atoms with E-state index in [1.165, 1.54) is 0 Å². The highest BCUT2D eigenvalue weighted by Crippen LogP contribution is 2.11. The van der Waals surface area contributed by atoms with Crippen LogP contribution in [0.1, 0.15) is 5.69 Å². The summed E-state index contributed by atoms with van der Waals surface area (Å²) in [5.74, 6) is 0.316. The Morgan fingerprint density at radius 2 is 2.17 bits per heavy atom. The second kappa shape index (κ2) is 3.36. The average Bonchev–Trinajstić information content (AvgIpc) is 1.81. The summed E-state index contributed by atoms with van der Waals surface area (Å²) in [6.45, 7) is 1.78. The molecule has 0 amide bonds. The van der Waals surface area contributed by atoms with Gasteiger partial charge in [0, 0.05) is 11.8 Å². The predicted octanol–water partition coefficient (Wildman–Crippen LogP) is 0.343. The topological polar surface area (TPSA) is 90.2 Å². The van der Waals surface area contributed by atoms with Gasteiger partial charge in [-0.05, 0) is 18.5 Å². The number of hydrogen-bond donors (Lipinski definition) is 2. The number of aryl methyl sites for hydroxylation is 1. The highest BCUT2D eigenvalue weighted by atomic mass is 35.5. The van der Waals surface area contributed by atoms with E-state index in [9.17, 15) is 0 Å². The fraction of sp³-hybridized carbons (Fsp3) is 0.167. The third-order valence-electron chi connectivity index (χ3n) is 1.06. The van der Waals surface area contributed by atoms with Gasteiger partial charge in [0.25, 0.3) is 0 Å². The predicted molar refractivity (Wildman–Crippen MR) is 47.2 cm³/mol. The number of aromatic nitrogens is 2. The van der Waals surface area contributed by atoms with Crippen molar-refractivity contribution in [2.24, 2.45) is 16.5 Å². The summed E-state index contributed by atoms with van der Waals surface area (Å²) in [6.07, 6.45) is 0. The van der Waals surface area contributed by atoms with Crippen LogP contribution < -0.4 is 11.5 Å². The van der Waals surface area contributed by atoms with E-state index in [1.54, 1.807) is 13.0 Å². The zero-order valence-corrected chi connectivity index (χ0v) is 7.21. The van der Waals surface area contributed by atoms with Crippen LogP contribution in [0.5, 0.6) is 0 Å². The highest BCUT2D eigenvalue weighted by molar-refractivity contribution is 6.28. The smallest absolute Gasteiger partial charge is 0.224 e. The molecule has 0 aliphatic rings. The summed E-state index contributed by atoms with van der Waals surface area (Å²) in [6, 6.07) is 1.63. The van der Waals surface area contributed by atoms with Crippen molar-refractivity contribution in [2.45, 2.75) is 6.92 Å².